The van der Waals surface area contributed by atoms with E-state index < -0.39 is 0 Å². The number of nitrogens with zero attached hydrogens (tertiary/aromatic N) is 3. The van der Waals surface area contributed by atoms with Crippen molar-refractivity contribution in [3.63, 3.8) is 0 Å². The summed E-state index contributed by atoms with van der Waals surface area (Å²) in [5, 5.41) is 3.25. The van der Waals surface area contributed by atoms with Gasteiger partial charge < -0.3 is 10.1 Å². The monoisotopic (exact) mass is 252 g/mol. The van der Waals surface area contributed by atoms with E-state index in [2.05, 4.69) is 32.6 Å². The number of nitrogens with two attached hydrogens (primary N) is 1. The van der Waals surface area contributed by atoms with Gasteiger partial charge in [0.2, 0.25) is 11.9 Å². The van der Waals surface area contributed by atoms with Crippen LogP contribution in [0.2, 0.25) is 0 Å². The maximum atomic E-state index is 5.46. The van der Waals surface area contributed by atoms with Crippen molar-refractivity contribution in [2.24, 2.45) is 11.8 Å². The molecular formula is C11H20N6O. The molecule has 1 aliphatic carbocycles. The van der Waals surface area contributed by atoms with E-state index in [9.17, 15) is 0 Å². The van der Waals surface area contributed by atoms with Crippen LogP contribution in [0.25, 0.3) is 0 Å². The molecule has 1 aliphatic rings. The molecule has 0 aromatic carbocycles. The first kappa shape index (κ1) is 12.8. The minimum absolute atomic E-state index is 0.00623. The Labute approximate surface area is 107 Å². The van der Waals surface area contributed by atoms with Gasteiger partial charge in [-0.2, -0.15) is 15.0 Å². The van der Waals surface area contributed by atoms with E-state index >= 15 is 0 Å². The lowest BCUT2D eigenvalue weighted by Crippen LogP contribution is -2.21. The second-order valence-corrected chi connectivity index (χ2v) is 4.85. The number of ether oxygens (including phenoxy) is 1. The Morgan fingerprint density at radius 3 is 2.39 bits per heavy atom. The number of anilines is 2. The smallest absolute Gasteiger partial charge is 0.323 e. The zero-order valence-electron chi connectivity index (χ0n) is 11.0. The van der Waals surface area contributed by atoms with Gasteiger partial charge in [-0.05, 0) is 39.5 Å². The van der Waals surface area contributed by atoms with Gasteiger partial charge in [0.25, 0.3) is 0 Å². The molecule has 7 heteroatoms. The van der Waals surface area contributed by atoms with Gasteiger partial charge in [-0.25, -0.2) is 5.84 Å². The van der Waals surface area contributed by atoms with E-state index in [-0.39, 0.29) is 12.1 Å². The molecule has 1 atom stereocenters. The Morgan fingerprint density at radius 1 is 1.17 bits per heavy atom. The Bertz CT molecular complexity index is 407. The molecule has 7 nitrogen and oxygen atoms in total. The Kier molecular flexibility index (Phi) is 3.81. The van der Waals surface area contributed by atoms with E-state index in [1.807, 2.05) is 13.8 Å². The van der Waals surface area contributed by atoms with Crippen LogP contribution in [0.4, 0.5) is 11.9 Å². The third-order valence-corrected chi connectivity index (χ3v) is 2.77. The highest BCUT2D eigenvalue weighted by Crippen LogP contribution is 2.33. The molecule has 1 saturated carbocycles. The number of aromatic nitrogens is 3. The van der Waals surface area contributed by atoms with Crippen LogP contribution in [0.3, 0.4) is 0 Å². The summed E-state index contributed by atoms with van der Waals surface area (Å²) in [6, 6.07) is 0.628. The highest BCUT2D eigenvalue weighted by molar-refractivity contribution is 5.36. The summed E-state index contributed by atoms with van der Waals surface area (Å²) in [5.74, 6) is 6.84. The number of hydrogen-bond acceptors (Lipinski definition) is 7. The quantitative estimate of drug-likeness (QED) is 0.516. The summed E-state index contributed by atoms with van der Waals surface area (Å²) < 4.78 is 5.46. The van der Waals surface area contributed by atoms with E-state index in [1.54, 1.807) is 0 Å². The molecule has 4 N–H and O–H groups in total. The van der Waals surface area contributed by atoms with Crippen molar-refractivity contribution in [1.29, 1.82) is 0 Å². The summed E-state index contributed by atoms with van der Waals surface area (Å²) in [7, 11) is 0. The summed E-state index contributed by atoms with van der Waals surface area (Å²) in [6.45, 7) is 5.96. The predicted molar refractivity (Wildman–Crippen MR) is 69.2 cm³/mol. The molecule has 0 bridgehead atoms. The van der Waals surface area contributed by atoms with Crippen LogP contribution in [0, 0.1) is 5.92 Å². The van der Waals surface area contributed by atoms with Crippen molar-refractivity contribution in [3.05, 3.63) is 0 Å². The lowest BCUT2D eigenvalue weighted by molar-refractivity contribution is 0.222. The van der Waals surface area contributed by atoms with Crippen LogP contribution in [0.5, 0.6) is 6.01 Å². The Balaban J connectivity index is 2.11. The van der Waals surface area contributed by atoms with Crippen LogP contribution < -0.4 is 21.3 Å². The van der Waals surface area contributed by atoms with Gasteiger partial charge in [-0.15, -0.1) is 0 Å². The largest absolute Gasteiger partial charge is 0.461 e. The highest BCUT2D eigenvalue weighted by Gasteiger charge is 2.28. The fraction of sp³-hybridized carbons (Fsp3) is 0.727. The van der Waals surface area contributed by atoms with E-state index in [4.69, 9.17) is 10.6 Å². The van der Waals surface area contributed by atoms with Crippen molar-refractivity contribution >= 4 is 11.9 Å². The SMILES string of the molecule is CC(C)Oc1nc(NN)nc(NC(C)C2CC2)n1. The normalized spacial score (nSPS) is 16.5. The molecule has 18 heavy (non-hydrogen) atoms. The average molecular weight is 252 g/mol. The Hall–Kier alpha value is -1.63. The molecule has 1 heterocycles. The van der Waals surface area contributed by atoms with E-state index in [0.717, 1.165) is 0 Å². The fourth-order valence-corrected chi connectivity index (χ4v) is 1.67. The van der Waals surface area contributed by atoms with Gasteiger partial charge in [-0.3, -0.25) is 5.43 Å². The van der Waals surface area contributed by atoms with Crippen LogP contribution in [0.1, 0.15) is 33.6 Å². The first-order valence-electron chi connectivity index (χ1n) is 6.24. The second-order valence-electron chi connectivity index (χ2n) is 4.85. The molecule has 0 amide bonds. The molecule has 100 valence electrons. The van der Waals surface area contributed by atoms with Crippen molar-refractivity contribution in [2.45, 2.75) is 45.8 Å². The topological polar surface area (TPSA) is 98.0 Å². The van der Waals surface area contributed by atoms with Gasteiger partial charge in [0.1, 0.15) is 0 Å². The number of hydrazine groups is 1. The highest BCUT2D eigenvalue weighted by atomic mass is 16.5. The van der Waals surface area contributed by atoms with Crippen molar-refractivity contribution < 1.29 is 4.74 Å². The van der Waals surface area contributed by atoms with Gasteiger partial charge in [-0.1, -0.05) is 0 Å². The van der Waals surface area contributed by atoms with Gasteiger partial charge in [0.15, 0.2) is 0 Å². The first-order chi connectivity index (χ1) is 8.58. The molecule has 1 aromatic rings. The number of nitrogen functional groups attached to an aromatic ring is 1. The molecule has 0 saturated heterocycles. The lowest BCUT2D eigenvalue weighted by Gasteiger charge is -2.14. The van der Waals surface area contributed by atoms with Crippen LogP contribution in [-0.4, -0.2) is 27.1 Å². The average Bonchev–Trinajstić information content (AvgIpc) is 3.11. The van der Waals surface area contributed by atoms with Gasteiger partial charge >= 0.3 is 6.01 Å². The lowest BCUT2D eigenvalue weighted by atomic mass is 10.2. The van der Waals surface area contributed by atoms with E-state index in [1.165, 1.54) is 12.8 Å². The molecule has 2 rings (SSSR count). The molecule has 1 aromatic heterocycles. The zero-order chi connectivity index (χ0) is 13.1. The summed E-state index contributed by atoms with van der Waals surface area (Å²) in [6.07, 6.45) is 2.53. The maximum absolute atomic E-state index is 5.46. The van der Waals surface area contributed by atoms with Gasteiger partial charge in [0.05, 0.1) is 6.10 Å². The molecule has 0 aliphatic heterocycles. The predicted octanol–water partition coefficient (Wildman–Crippen LogP) is 1.15. The van der Waals surface area contributed by atoms with Crippen molar-refractivity contribution in [2.75, 3.05) is 10.7 Å². The summed E-state index contributed by atoms with van der Waals surface area (Å²) in [4.78, 5) is 12.4. The number of rotatable bonds is 6. The summed E-state index contributed by atoms with van der Waals surface area (Å²) >= 11 is 0. The molecule has 1 unspecified atom stereocenters. The third kappa shape index (κ3) is 3.43. The molecular weight excluding hydrogens is 232 g/mol. The zero-order valence-corrected chi connectivity index (χ0v) is 11.0. The minimum atomic E-state index is 0.00623. The fourth-order valence-electron chi connectivity index (χ4n) is 1.67. The molecule has 0 spiro atoms. The third-order valence-electron chi connectivity index (χ3n) is 2.77. The second kappa shape index (κ2) is 5.34. The maximum Gasteiger partial charge on any atom is 0.323 e. The molecule has 0 radical (unpaired) electrons. The standard InChI is InChI=1S/C11H20N6O/c1-6(2)18-11-15-9(14-10(16-11)17-12)13-7(3)8-4-5-8/h6-8H,4-5,12H2,1-3H3,(H2,13,14,15,16,17). The van der Waals surface area contributed by atoms with E-state index in [0.29, 0.717) is 23.9 Å². The summed E-state index contributed by atoms with van der Waals surface area (Å²) in [5.41, 5.74) is 2.42. The van der Waals surface area contributed by atoms with Gasteiger partial charge in [0, 0.05) is 6.04 Å². The number of nitrogens with one attached hydrogen (secondary N) is 2. The van der Waals surface area contributed by atoms with Crippen LogP contribution in [0.15, 0.2) is 0 Å². The van der Waals surface area contributed by atoms with Crippen LogP contribution >= 0.6 is 0 Å². The van der Waals surface area contributed by atoms with Crippen molar-refractivity contribution in [3.8, 4) is 6.01 Å². The van der Waals surface area contributed by atoms with Crippen LogP contribution in [-0.2, 0) is 0 Å². The van der Waals surface area contributed by atoms with Crippen molar-refractivity contribution in [1.82, 2.24) is 15.0 Å². The number of hydrogen-bond donors (Lipinski definition) is 3. The first-order valence-corrected chi connectivity index (χ1v) is 6.24. The Morgan fingerprint density at radius 2 is 1.83 bits per heavy atom. The molecule has 1 fully saturated rings. The minimum Gasteiger partial charge on any atom is -0.461 e.